The molecule has 622 valence electrons. The van der Waals surface area contributed by atoms with Crippen LogP contribution in [0.15, 0.2) is 217 Å². The monoisotopic (exact) mass is 1650 g/mol. The fraction of sp³-hybridized carbons (Fsp3) is 0.412. The number of carbonyl (C=O) groups is 6. The molecule has 0 bridgehead atoms. The number of sulfonamides is 3. The van der Waals surface area contributed by atoms with Gasteiger partial charge in [-0.2, -0.15) is 14.2 Å². The summed E-state index contributed by atoms with van der Waals surface area (Å²) in [5, 5.41) is 1.86. The minimum Gasteiger partial charge on any atom is -0.464 e. The van der Waals surface area contributed by atoms with E-state index < -0.39 is 71.8 Å². The number of rotatable bonds is 38. The number of hydrogen-bond acceptors (Lipinski definition) is 19. The fourth-order valence-electron chi connectivity index (χ4n) is 12.9. The van der Waals surface area contributed by atoms with Crippen molar-refractivity contribution >= 4 is 98.4 Å². The van der Waals surface area contributed by atoms with Crippen LogP contribution >= 0.6 is 0 Å². The third-order valence-corrected chi connectivity index (χ3v) is 22.7. The van der Waals surface area contributed by atoms with Gasteiger partial charge in [0.1, 0.15) is 34.9 Å². The van der Waals surface area contributed by atoms with Crippen molar-refractivity contribution < 1.29 is 67.3 Å². The van der Waals surface area contributed by atoms with Crippen molar-refractivity contribution in [3.05, 3.63) is 212 Å². The molecular weight excluding hydrogens is 1540 g/mol. The number of pyridine rings is 4. The average Bonchev–Trinajstić information content (AvgIpc) is 1.47. The lowest BCUT2D eigenvalue weighted by molar-refractivity contribution is -0.140. The van der Waals surface area contributed by atoms with E-state index in [0.717, 1.165) is 5.69 Å². The third kappa shape index (κ3) is 27.3. The molecule has 0 unspecified atom stereocenters. The summed E-state index contributed by atoms with van der Waals surface area (Å²) in [7, 11) is -10.8. The minimum atomic E-state index is -4.16. The molecule has 0 spiro atoms. The summed E-state index contributed by atoms with van der Waals surface area (Å²) in [6, 6.07) is 36.3. The number of aromatic nitrogens is 4. The zero-order valence-corrected chi connectivity index (χ0v) is 70.7. The SMILES string of the molecule is CC(C)CN(C)C(=O)[C@H](CC(=O)N(Cc1ccccn1)Cc1ccccn1)NS(=O)(=O)c1ccc2occc2c1.CC(C)CN(Cc1ccccn1)C(=O)C[C@H](NS(=O)(=O)c1ccc2occc2c1)C(=O)N(CC(C)C)CC(C)C.CCN(CC)C(=O)[C@H](CC(=O)N(Cc1ccccn1)CC(C)C)NS(=O)(=O)c1ccc2occc2c1. The van der Waals surface area contributed by atoms with Gasteiger partial charge in [-0.3, -0.25) is 48.7 Å². The number of nitrogens with one attached hydrogen (secondary N) is 3. The van der Waals surface area contributed by atoms with Crippen LogP contribution in [-0.4, -0.2) is 181 Å². The summed E-state index contributed by atoms with van der Waals surface area (Å²) < 4.78 is 104. The van der Waals surface area contributed by atoms with E-state index in [-0.39, 0.29) is 102 Å². The molecule has 0 aliphatic rings. The Morgan fingerprint density at radius 3 is 0.905 bits per heavy atom. The molecule has 10 aromatic rings. The molecule has 3 atom stereocenters. The van der Waals surface area contributed by atoms with E-state index in [9.17, 15) is 54.0 Å². The Morgan fingerprint density at radius 1 is 0.345 bits per heavy atom. The first-order chi connectivity index (χ1) is 55.1. The highest BCUT2D eigenvalue weighted by atomic mass is 32.2. The van der Waals surface area contributed by atoms with E-state index in [1.807, 2.05) is 119 Å². The van der Waals surface area contributed by atoms with Gasteiger partial charge in [0.25, 0.3) is 0 Å². The van der Waals surface area contributed by atoms with E-state index >= 15 is 0 Å². The summed E-state index contributed by atoms with van der Waals surface area (Å²) >= 11 is 0. The van der Waals surface area contributed by atoms with Gasteiger partial charge in [0.05, 0.1) is 102 Å². The van der Waals surface area contributed by atoms with Crippen LogP contribution in [0.2, 0.25) is 0 Å². The molecule has 0 aliphatic carbocycles. The molecule has 0 radical (unpaired) electrons. The summed E-state index contributed by atoms with van der Waals surface area (Å²) in [4.78, 5) is 108. The van der Waals surface area contributed by atoms with Crippen molar-refractivity contribution in [2.45, 2.75) is 161 Å². The Bertz CT molecular complexity index is 5150. The van der Waals surface area contributed by atoms with E-state index in [0.29, 0.717) is 95.8 Å². The maximum atomic E-state index is 13.9. The van der Waals surface area contributed by atoms with Gasteiger partial charge in [-0.1, -0.05) is 93.5 Å². The minimum absolute atomic E-state index is 0.00144. The molecular formula is C85H109N13O15S3. The standard InChI is InChI=1S/C30H42N4O5S.C29H33N5O5S.C26H34N4O5S/c1-21(2)17-33(20-25-9-7-8-13-31-25)29(35)16-27(30(36)34(18-22(3)4)19-23(5)6)32-40(37,38)26-10-11-28-24(15-26)12-14-39-28;1-21(2)18-33(3)29(36)26(32-40(37,38)25-10-11-27-22(16-25)12-15-39-27)17-28(35)34(19-23-8-4-6-13-30-23)20-24-9-5-7-14-31-24;1-5-29(6-2)26(32)23(28-36(33,34)22-10-11-24-20(15-22)12-14-35-24)16-25(31)30(17-19(3)4)18-21-9-7-8-13-27-21/h7-15,21-23,27,32H,16-20H2,1-6H3;4-16,21,26,32H,17-20H2,1-3H3;7-15,19,23,28H,5-6,16-18H2,1-4H3/t27-;26-;23-/m000/s1. The van der Waals surface area contributed by atoms with Gasteiger partial charge in [0, 0.05) is 93.8 Å². The van der Waals surface area contributed by atoms with Gasteiger partial charge in [-0.05, 0) is 165 Å². The van der Waals surface area contributed by atoms with Crippen molar-refractivity contribution in [3.63, 3.8) is 0 Å². The number of benzene rings is 3. The summed E-state index contributed by atoms with van der Waals surface area (Å²) in [5.74, 6) is -1.59. The number of hydrogen-bond donors (Lipinski definition) is 3. The quantitative estimate of drug-likeness (QED) is 0.0323. The molecule has 0 fully saturated rings. The second-order valence-corrected chi connectivity index (χ2v) is 35.7. The van der Waals surface area contributed by atoms with Gasteiger partial charge in [0.15, 0.2) is 0 Å². The summed E-state index contributed by atoms with van der Waals surface area (Å²) in [6.07, 6.45) is 10.0. The first kappa shape index (κ1) is 91.0. The Labute approximate surface area is 681 Å². The van der Waals surface area contributed by atoms with E-state index in [1.165, 1.54) is 69.9 Å². The van der Waals surface area contributed by atoms with Gasteiger partial charge in [-0.25, -0.2) is 25.3 Å². The fourth-order valence-corrected chi connectivity index (χ4v) is 16.6. The predicted octanol–water partition coefficient (Wildman–Crippen LogP) is 11.7. The van der Waals surface area contributed by atoms with E-state index in [4.69, 9.17) is 13.3 Å². The number of nitrogens with zero attached hydrogens (tertiary/aromatic N) is 10. The first-order valence-electron chi connectivity index (χ1n) is 38.9. The molecule has 116 heavy (non-hydrogen) atoms. The maximum Gasteiger partial charge on any atom is 0.241 e. The predicted molar refractivity (Wildman–Crippen MR) is 443 cm³/mol. The molecule has 0 aliphatic heterocycles. The second kappa shape index (κ2) is 42.9. The van der Waals surface area contributed by atoms with Crippen LogP contribution in [0.25, 0.3) is 32.9 Å². The van der Waals surface area contributed by atoms with Gasteiger partial charge < -0.3 is 42.7 Å². The Balaban J connectivity index is 0.000000218. The highest BCUT2D eigenvalue weighted by Crippen LogP contribution is 2.26. The van der Waals surface area contributed by atoms with Gasteiger partial charge in [-0.15, -0.1) is 0 Å². The van der Waals surface area contributed by atoms with Crippen molar-refractivity contribution in [1.82, 2.24) is 63.5 Å². The molecule has 10 rings (SSSR count). The number of carbonyl (C=O) groups excluding carboxylic acids is 6. The van der Waals surface area contributed by atoms with Crippen molar-refractivity contribution in [1.29, 1.82) is 0 Å². The lowest BCUT2D eigenvalue weighted by Crippen LogP contribution is -2.52. The van der Waals surface area contributed by atoms with E-state index in [1.54, 1.807) is 119 Å². The third-order valence-electron chi connectivity index (χ3n) is 18.2. The van der Waals surface area contributed by atoms with Gasteiger partial charge >= 0.3 is 0 Å². The van der Waals surface area contributed by atoms with Crippen LogP contribution in [0.1, 0.15) is 125 Å². The molecule has 0 saturated heterocycles. The van der Waals surface area contributed by atoms with Crippen LogP contribution < -0.4 is 14.2 Å². The van der Waals surface area contributed by atoms with Crippen molar-refractivity contribution in [2.24, 2.45) is 29.6 Å². The topological polar surface area (TPSA) is 351 Å². The van der Waals surface area contributed by atoms with E-state index in [2.05, 4.69) is 34.1 Å². The Kier molecular flexibility index (Phi) is 33.6. The maximum absolute atomic E-state index is 13.9. The Hall–Kier alpha value is -10.6. The number of amides is 6. The van der Waals surface area contributed by atoms with Crippen molar-refractivity contribution in [2.75, 3.05) is 52.9 Å². The number of furan rings is 3. The smallest absolute Gasteiger partial charge is 0.241 e. The normalized spacial score (nSPS) is 12.6. The van der Waals surface area contributed by atoms with Crippen LogP contribution in [0, 0.1) is 29.6 Å². The molecule has 28 nitrogen and oxygen atoms in total. The molecule has 31 heteroatoms. The van der Waals surface area contributed by atoms with Crippen LogP contribution in [0.5, 0.6) is 0 Å². The molecule has 7 aromatic heterocycles. The van der Waals surface area contributed by atoms with Crippen LogP contribution in [0.4, 0.5) is 0 Å². The van der Waals surface area contributed by atoms with Gasteiger partial charge in [0.2, 0.25) is 65.5 Å². The highest BCUT2D eigenvalue weighted by molar-refractivity contribution is 7.90. The zero-order chi connectivity index (χ0) is 84.4. The molecule has 3 aromatic carbocycles. The molecule has 7 heterocycles. The molecule has 3 N–H and O–H groups in total. The average molecular weight is 1650 g/mol. The summed E-state index contributed by atoms with van der Waals surface area (Å²) in [5.41, 5.74) is 4.39. The summed E-state index contributed by atoms with van der Waals surface area (Å²) in [6.45, 7) is 27.4. The van der Waals surface area contributed by atoms with Crippen LogP contribution in [-0.2, 0) is 85.0 Å². The molecule has 6 amide bonds. The van der Waals surface area contributed by atoms with Crippen LogP contribution in [0.3, 0.4) is 0 Å². The van der Waals surface area contributed by atoms with Crippen molar-refractivity contribution in [3.8, 4) is 0 Å². The lowest BCUT2D eigenvalue weighted by atomic mass is 10.1. The largest absolute Gasteiger partial charge is 0.464 e. The molecule has 0 saturated carbocycles. The zero-order valence-electron chi connectivity index (χ0n) is 68.2. The second-order valence-electron chi connectivity index (χ2n) is 30.5. The lowest BCUT2D eigenvalue weighted by Gasteiger charge is -2.32. The first-order valence-corrected chi connectivity index (χ1v) is 43.3. The number of likely N-dealkylation sites (N-methyl/N-ethyl adjacent to an activating group) is 2. The Morgan fingerprint density at radius 2 is 0.621 bits per heavy atom. The highest BCUT2D eigenvalue weighted by Gasteiger charge is 2.37. The number of fused-ring (bicyclic) bond motifs is 3.